The number of hydrogen-bond acceptors (Lipinski definition) is 3. The predicted octanol–water partition coefficient (Wildman–Crippen LogP) is 2.69. The molecule has 1 N–H and O–H groups in total. The minimum atomic E-state index is -4.66. The van der Waals surface area contributed by atoms with Crippen molar-refractivity contribution in [2.45, 2.75) is 11.9 Å². The summed E-state index contributed by atoms with van der Waals surface area (Å²) in [5.41, 5.74) is -0.108. The van der Waals surface area contributed by atoms with Crippen molar-refractivity contribution in [1.82, 2.24) is 14.8 Å². The van der Waals surface area contributed by atoms with E-state index in [-0.39, 0.29) is 11.0 Å². The van der Waals surface area contributed by atoms with Crippen LogP contribution in [0.2, 0.25) is 0 Å². The van der Waals surface area contributed by atoms with Crippen molar-refractivity contribution in [2.24, 2.45) is 0 Å². The fourth-order valence-corrected chi connectivity index (χ4v) is 2.19. The van der Waals surface area contributed by atoms with E-state index in [2.05, 4.69) is 10.1 Å². The van der Waals surface area contributed by atoms with Gasteiger partial charge in [-0.1, -0.05) is 30.3 Å². The van der Waals surface area contributed by atoms with E-state index in [1.807, 2.05) is 0 Å². The Bertz CT molecular complexity index is 770. The summed E-state index contributed by atoms with van der Waals surface area (Å²) >= 11 is 0. The second kappa shape index (κ2) is 4.56. The van der Waals surface area contributed by atoms with Gasteiger partial charge in [-0.25, -0.2) is 9.07 Å². The standard InChI is InChI=1S/C14H10F3N3O/c15-13(14(16,17)21,10-5-2-1-3-6-10)20-12-7-4-8-18-11(12)9-19-20/h1-9,21H. The third-order valence-corrected chi connectivity index (χ3v) is 3.19. The number of pyridine rings is 1. The van der Waals surface area contributed by atoms with Crippen LogP contribution in [0.1, 0.15) is 5.56 Å². The van der Waals surface area contributed by atoms with Crippen LogP contribution in [0.15, 0.2) is 54.9 Å². The molecule has 0 aliphatic heterocycles. The Kier molecular flexibility index (Phi) is 2.94. The van der Waals surface area contributed by atoms with Crippen LogP contribution in [0.25, 0.3) is 11.0 Å². The summed E-state index contributed by atoms with van der Waals surface area (Å²) in [6.45, 7) is 0. The molecule has 0 bridgehead atoms. The third-order valence-electron chi connectivity index (χ3n) is 3.19. The van der Waals surface area contributed by atoms with Gasteiger partial charge in [0, 0.05) is 11.8 Å². The number of fused-ring (bicyclic) bond motifs is 1. The van der Waals surface area contributed by atoms with Gasteiger partial charge in [0.1, 0.15) is 5.52 Å². The molecule has 4 nitrogen and oxygen atoms in total. The normalized spacial score (nSPS) is 15.0. The first kappa shape index (κ1) is 13.6. The van der Waals surface area contributed by atoms with Crippen LogP contribution in [0, 0.1) is 0 Å². The number of hydrogen-bond donors (Lipinski definition) is 1. The molecule has 0 saturated heterocycles. The highest BCUT2D eigenvalue weighted by molar-refractivity contribution is 5.74. The molecular formula is C14H10F3N3O. The van der Waals surface area contributed by atoms with Gasteiger partial charge in [-0.15, -0.1) is 0 Å². The monoisotopic (exact) mass is 293 g/mol. The number of aliphatic hydroxyl groups is 1. The van der Waals surface area contributed by atoms with E-state index < -0.39 is 17.5 Å². The summed E-state index contributed by atoms with van der Waals surface area (Å²) in [5, 5.41) is 12.8. The molecule has 108 valence electrons. The Morgan fingerprint density at radius 2 is 1.71 bits per heavy atom. The second-order valence-corrected chi connectivity index (χ2v) is 4.49. The molecule has 21 heavy (non-hydrogen) atoms. The minimum absolute atomic E-state index is 0.0533. The third kappa shape index (κ3) is 1.97. The lowest BCUT2D eigenvalue weighted by molar-refractivity contribution is -0.298. The van der Waals surface area contributed by atoms with Gasteiger partial charge < -0.3 is 5.11 Å². The highest BCUT2D eigenvalue weighted by Crippen LogP contribution is 2.41. The molecule has 7 heteroatoms. The highest BCUT2D eigenvalue weighted by atomic mass is 19.3. The molecule has 0 fully saturated rings. The molecule has 2 aromatic heterocycles. The first-order valence-corrected chi connectivity index (χ1v) is 6.08. The van der Waals surface area contributed by atoms with E-state index >= 15 is 4.39 Å². The van der Waals surface area contributed by atoms with Gasteiger partial charge in [-0.05, 0) is 12.1 Å². The first-order chi connectivity index (χ1) is 9.94. The van der Waals surface area contributed by atoms with E-state index in [1.54, 1.807) is 6.07 Å². The number of halogens is 3. The average Bonchev–Trinajstić information content (AvgIpc) is 2.90. The molecule has 0 amide bonds. The zero-order valence-electron chi connectivity index (χ0n) is 10.6. The lowest BCUT2D eigenvalue weighted by atomic mass is 10.0. The number of rotatable bonds is 3. The molecule has 0 aliphatic carbocycles. The maximum atomic E-state index is 15.2. The van der Waals surface area contributed by atoms with Crippen molar-refractivity contribution in [3.63, 3.8) is 0 Å². The molecule has 0 spiro atoms. The quantitative estimate of drug-likeness (QED) is 0.807. The summed E-state index contributed by atoms with van der Waals surface area (Å²) in [6, 6.07) is 9.56. The molecule has 0 aliphatic rings. The highest BCUT2D eigenvalue weighted by Gasteiger charge is 2.58. The fraction of sp³-hybridized carbons (Fsp3) is 0.143. The Labute approximate surface area is 117 Å². The number of nitrogens with zero attached hydrogens (tertiary/aromatic N) is 3. The van der Waals surface area contributed by atoms with Gasteiger partial charge in [-0.3, -0.25) is 4.98 Å². The number of benzene rings is 1. The molecule has 1 aromatic carbocycles. The van der Waals surface area contributed by atoms with Gasteiger partial charge in [0.25, 0.3) is 0 Å². The van der Waals surface area contributed by atoms with Crippen LogP contribution in [0.3, 0.4) is 0 Å². The topological polar surface area (TPSA) is 50.9 Å². The average molecular weight is 293 g/mol. The molecule has 3 rings (SSSR count). The van der Waals surface area contributed by atoms with Crippen LogP contribution in [-0.4, -0.2) is 26.0 Å². The Balaban J connectivity index is 2.31. The van der Waals surface area contributed by atoms with E-state index in [9.17, 15) is 8.78 Å². The van der Waals surface area contributed by atoms with Gasteiger partial charge in [0.2, 0.25) is 0 Å². The number of alkyl halides is 3. The van der Waals surface area contributed by atoms with Gasteiger partial charge in [0.05, 0.1) is 11.7 Å². The molecule has 0 radical (unpaired) electrons. The van der Waals surface area contributed by atoms with E-state index in [1.165, 1.54) is 36.7 Å². The maximum Gasteiger partial charge on any atom is 0.412 e. The lowest BCUT2D eigenvalue weighted by Crippen LogP contribution is -2.48. The Hall–Kier alpha value is -2.41. The zero-order chi connectivity index (χ0) is 15.1. The summed E-state index contributed by atoms with van der Waals surface area (Å²) < 4.78 is 42.9. The molecule has 0 saturated carbocycles. The second-order valence-electron chi connectivity index (χ2n) is 4.49. The largest absolute Gasteiger partial charge is 0.412 e. The molecule has 3 aromatic rings. The molecule has 2 heterocycles. The van der Waals surface area contributed by atoms with Gasteiger partial charge in [-0.2, -0.15) is 13.9 Å². The van der Waals surface area contributed by atoms with E-state index in [0.29, 0.717) is 4.68 Å². The fourth-order valence-electron chi connectivity index (χ4n) is 2.19. The smallest absolute Gasteiger partial charge is 0.332 e. The van der Waals surface area contributed by atoms with Crippen LogP contribution in [0.4, 0.5) is 13.2 Å². The van der Waals surface area contributed by atoms with Crippen molar-refractivity contribution in [2.75, 3.05) is 0 Å². The Morgan fingerprint density at radius 3 is 2.38 bits per heavy atom. The van der Waals surface area contributed by atoms with Crippen molar-refractivity contribution >= 4 is 11.0 Å². The van der Waals surface area contributed by atoms with E-state index in [4.69, 9.17) is 5.11 Å². The SMILES string of the molecule is OC(F)(F)C(F)(c1ccccc1)n1ncc2ncccc21. The molecule has 1 atom stereocenters. The Morgan fingerprint density at radius 1 is 1.00 bits per heavy atom. The molecular weight excluding hydrogens is 283 g/mol. The summed E-state index contributed by atoms with van der Waals surface area (Å²) in [7, 11) is 0. The van der Waals surface area contributed by atoms with Crippen molar-refractivity contribution in [3.05, 3.63) is 60.4 Å². The van der Waals surface area contributed by atoms with Gasteiger partial charge in [0.15, 0.2) is 0 Å². The summed E-state index contributed by atoms with van der Waals surface area (Å²) in [5.74, 6) is -3.53. The maximum absolute atomic E-state index is 15.2. The van der Waals surface area contributed by atoms with Crippen molar-refractivity contribution < 1.29 is 18.3 Å². The van der Waals surface area contributed by atoms with Crippen LogP contribution >= 0.6 is 0 Å². The lowest BCUT2D eigenvalue weighted by Gasteiger charge is -2.30. The molecule has 1 unspecified atom stereocenters. The van der Waals surface area contributed by atoms with Crippen LogP contribution in [0.5, 0.6) is 0 Å². The minimum Gasteiger partial charge on any atom is -0.332 e. The van der Waals surface area contributed by atoms with Gasteiger partial charge >= 0.3 is 11.9 Å². The van der Waals surface area contributed by atoms with Crippen LogP contribution < -0.4 is 0 Å². The zero-order valence-corrected chi connectivity index (χ0v) is 10.6. The number of aromatic nitrogens is 3. The first-order valence-electron chi connectivity index (χ1n) is 6.08. The summed E-state index contributed by atoms with van der Waals surface area (Å²) in [4.78, 5) is 3.91. The van der Waals surface area contributed by atoms with Crippen LogP contribution in [-0.2, 0) is 5.79 Å². The predicted molar refractivity (Wildman–Crippen MR) is 69.3 cm³/mol. The van der Waals surface area contributed by atoms with E-state index in [0.717, 1.165) is 12.1 Å². The van der Waals surface area contributed by atoms with Crippen molar-refractivity contribution in [1.29, 1.82) is 0 Å². The summed E-state index contributed by atoms with van der Waals surface area (Å²) in [6.07, 6.45) is -2.06. The van der Waals surface area contributed by atoms with Crippen molar-refractivity contribution in [3.8, 4) is 0 Å².